The van der Waals surface area contributed by atoms with Crippen molar-refractivity contribution < 1.29 is 0 Å². The van der Waals surface area contributed by atoms with Crippen molar-refractivity contribution in [2.45, 2.75) is 27.3 Å². The van der Waals surface area contributed by atoms with Gasteiger partial charge in [-0.05, 0) is 38.0 Å². The molecule has 4 heteroatoms. The highest BCUT2D eigenvalue weighted by molar-refractivity contribution is 5.45. The third kappa shape index (κ3) is 1.61. The Kier molecular flexibility index (Phi) is 2.75. The van der Waals surface area contributed by atoms with E-state index in [0.717, 1.165) is 17.1 Å². The molecule has 0 bridgehead atoms. The van der Waals surface area contributed by atoms with Gasteiger partial charge in [0, 0.05) is 6.54 Å². The number of hydrogen-bond donors (Lipinski definition) is 1. The topological polar surface area (TPSA) is 56.7 Å². The van der Waals surface area contributed by atoms with Gasteiger partial charge in [0.05, 0.1) is 17.1 Å². The predicted octanol–water partition coefficient (Wildman–Crippen LogP) is 1.65. The lowest BCUT2D eigenvalue weighted by Crippen LogP contribution is -2.04. The lowest BCUT2D eigenvalue weighted by molar-refractivity contribution is 0.777. The molecule has 4 nitrogen and oxygen atoms in total. The maximum absolute atomic E-state index is 5.59. The highest BCUT2D eigenvalue weighted by Gasteiger charge is 2.10. The van der Waals surface area contributed by atoms with Crippen molar-refractivity contribution in [3.8, 4) is 5.69 Å². The van der Waals surface area contributed by atoms with Crippen LogP contribution in [0, 0.1) is 20.8 Å². The number of benzene rings is 1. The lowest BCUT2D eigenvalue weighted by atomic mass is 10.1. The second-order valence-corrected chi connectivity index (χ2v) is 3.96. The van der Waals surface area contributed by atoms with Crippen LogP contribution in [0.15, 0.2) is 18.2 Å². The van der Waals surface area contributed by atoms with Crippen molar-refractivity contribution in [2.24, 2.45) is 5.73 Å². The second-order valence-electron chi connectivity index (χ2n) is 3.96. The van der Waals surface area contributed by atoms with E-state index in [9.17, 15) is 0 Å². The molecule has 0 amide bonds. The van der Waals surface area contributed by atoms with E-state index >= 15 is 0 Å². The van der Waals surface area contributed by atoms with E-state index < -0.39 is 0 Å². The average Bonchev–Trinajstić information content (AvgIpc) is 2.64. The first-order valence-corrected chi connectivity index (χ1v) is 5.33. The van der Waals surface area contributed by atoms with Crippen LogP contribution in [0.5, 0.6) is 0 Å². The lowest BCUT2D eigenvalue weighted by Gasteiger charge is -2.09. The summed E-state index contributed by atoms with van der Waals surface area (Å²) in [6.07, 6.45) is 0. The van der Waals surface area contributed by atoms with Gasteiger partial charge in [0.2, 0.25) is 0 Å². The Labute approximate surface area is 95.1 Å². The highest BCUT2D eigenvalue weighted by atomic mass is 15.4. The number of aromatic nitrogens is 3. The minimum atomic E-state index is 0.427. The normalized spacial score (nSPS) is 10.8. The zero-order chi connectivity index (χ0) is 11.7. The molecule has 0 aliphatic heterocycles. The third-order valence-corrected chi connectivity index (χ3v) is 2.99. The van der Waals surface area contributed by atoms with E-state index in [1.54, 1.807) is 0 Å². The number of rotatable bonds is 2. The van der Waals surface area contributed by atoms with Crippen molar-refractivity contribution in [1.82, 2.24) is 15.0 Å². The van der Waals surface area contributed by atoms with E-state index in [2.05, 4.69) is 30.2 Å². The zero-order valence-corrected chi connectivity index (χ0v) is 9.86. The molecule has 0 unspecified atom stereocenters. The van der Waals surface area contributed by atoms with Crippen LogP contribution in [0.2, 0.25) is 0 Å². The first kappa shape index (κ1) is 10.8. The molecular weight excluding hydrogens is 200 g/mol. The number of nitrogens with zero attached hydrogens (tertiary/aromatic N) is 3. The molecule has 0 atom stereocenters. The summed E-state index contributed by atoms with van der Waals surface area (Å²) in [5.74, 6) is 0. The minimum absolute atomic E-state index is 0.427. The van der Waals surface area contributed by atoms with E-state index in [0.29, 0.717) is 6.54 Å². The second kappa shape index (κ2) is 4.06. The Morgan fingerprint density at radius 3 is 2.62 bits per heavy atom. The minimum Gasteiger partial charge on any atom is -0.325 e. The molecule has 2 N–H and O–H groups in total. The van der Waals surface area contributed by atoms with Crippen LogP contribution in [-0.2, 0) is 6.54 Å². The fourth-order valence-corrected chi connectivity index (χ4v) is 1.74. The standard InChI is InChI=1S/C12H16N4/c1-8-5-4-6-12(9(8)2)16-10(3)11(7-13)14-15-16/h4-6H,7,13H2,1-3H3. The summed E-state index contributed by atoms with van der Waals surface area (Å²) in [5.41, 5.74) is 11.0. The quantitative estimate of drug-likeness (QED) is 0.830. The van der Waals surface area contributed by atoms with Gasteiger partial charge in [-0.15, -0.1) is 5.10 Å². The van der Waals surface area contributed by atoms with E-state index in [1.807, 2.05) is 23.7 Å². The number of hydrogen-bond acceptors (Lipinski definition) is 3. The Morgan fingerprint density at radius 1 is 1.25 bits per heavy atom. The van der Waals surface area contributed by atoms with Gasteiger partial charge in [0.15, 0.2) is 0 Å². The smallest absolute Gasteiger partial charge is 0.0996 e. The van der Waals surface area contributed by atoms with Crippen molar-refractivity contribution >= 4 is 0 Å². The summed E-state index contributed by atoms with van der Waals surface area (Å²) in [6, 6.07) is 6.17. The SMILES string of the molecule is Cc1cccc(-n2nnc(CN)c2C)c1C. The van der Waals surface area contributed by atoms with Gasteiger partial charge < -0.3 is 5.73 Å². The summed E-state index contributed by atoms with van der Waals surface area (Å²) < 4.78 is 1.85. The summed E-state index contributed by atoms with van der Waals surface area (Å²) in [7, 11) is 0. The first-order valence-electron chi connectivity index (χ1n) is 5.33. The molecule has 0 aliphatic carbocycles. The van der Waals surface area contributed by atoms with Gasteiger partial charge in [-0.1, -0.05) is 17.3 Å². The molecule has 2 rings (SSSR count). The third-order valence-electron chi connectivity index (χ3n) is 2.99. The molecule has 2 aromatic rings. The maximum atomic E-state index is 5.59. The van der Waals surface area contributed by atoms with Crippen LogP contribution >= 0.6 is 0 Å². The first-order chi connectivity index (χ1) is 7.65. The fraction of sp³-hybridized carbons (Fsp3) is 0.333. The average molecular weight is 216 g/mol. The Balaban J connectivity index is 2.59. The van der Waals surface area contributed by atoms with Crippen LogP contribution in [-0.4, -0.2) is 15.0 Å². The van der Waals surface area contributed by atoms with Crippen molar-refractivity contribution in [2.75, 3.05) is 0 Å². The number of nitrogens with two attached hydrogens (primary N) is 1. The molecule has 1 heterocycles. The molecule has 0 saturated carbocycles. The van der Waals surface area contributed by atoms with Crippen LogP contribution in [0.4, 0.5) is 0 Å². The summed E-state index contributed by atoms with van der Waals surface area (Å²) in [6.45, 7) is 6.60. The Hall–Kier alpha value is -1.68. The predicted molar refractivity (Wildman–Crippen MR) is 63.5 cm³/mol. The monoisotopic (exact) mass is 216 g/mol. The molecule has 84 valence electrons. The number of aryl methyl sites for hydroxylation is 1. The van der Waals surface area contributed by atoms with Gasteiger partial charge in [0.1, 0.15) is 0 Å². The van der Waals surface area contributed by atoms with Gasteiger partial charge in [0.25, 0.3) is 0 Å². The summed E-state index contributed by atoms with van der Waals surface area (Å²) >= 11 is 0. The van der Waals surface area contributed by atoms with Gasteiger partial charge in [-0.25, -0.2) is 4.68 Å². The molecule has 0 fully saturated rings. The molecule has 16 heavy (non-hydrogen) atoms. The van der Waals surface area contributed by atoms with E-state index in [-0.39, 0.29) is 0 Å². The molecular formula is C12H16N4. The molecule has 0 radical (unpaired) electrons. The van der Waals surface area contributed by atoms with Crippen LogP contribution < -0.4 is 5.73 Å². The molecule has 1 aromatic heterocycles. The van der Waals surface area contributed by atoms with Gasteiger partial charge >= 0.3 is 0 Å². The molecule has 0 saturated heterocycles. The van der Waals surface area contributed by atoms with Crippen molar-refractivity contribution in [3.63, 3.8) is 0 Å². The van der Waals surface area contributed by atoms with Crippen LogP contribution in [0.3, 0.4) is 0 Å². The van der Waals surface area contributed by atoms with E-state index in [1.165, 1.54) is 11.1 Å². The van der Waals surface area contributed by atoms with E-state index in [4.69, 9.17) is 5.73 Å². The summed E-state index contributed by atoms with van der Waals surface area (Å²) in [4.78, 5) is 0. The Bertz CT molecular complexity index is 514. The van der Waals surface area contributed by atoms with Crippen LogP contribution in [0.1, 0.15) is 22.5 Å². The molecule has 1 aromatic carbocycles. The van der Waals surface area contributed by atoms with Crippen molar-refractivity contribution in [3.05, 3.63) is 40.7 Å². The zero-order valence-electron chi connectivity index (χ0n) is 9.86. The van der Waals surface area contributed by atoms with Gasteiger partial charge in [-0.2, -0.15) is 0 Å². The maximum Gasteiger partial charge on any atom is 0.0996 e. The molecule has 0 aliphatic rings. The largest absolute Gasteiger partial charge is 0.325 e. The highest BCUT2D eigenvalue weighted by Crippen LogP contribution is 2.18. The Morgan fingerprint density at radius 2 is 2.00 bits per heavy atom. The van der Waals surface area contributed by atoms with Crippen LogP contribution in [0.25, 0.3) is 5.69 Å². The summed E-state index contributed by atoms with van der Waals surface area (Å²) in [5, 5.41) is 8.21. The fourth-order valence-electron chi connectivity index (χ4n) is 1.74. The van der Waals surface area contributed by atoms with Gasteiger partial charge in [-0.3, -0.25) is 0 Å². The molecule has 0 spiro atoms. The van der Waals surface area contributed by atoms with Crippen molar-refractivity contribution in [1.29, 1.82) is 0 Å².